The van der Waals surface area contributed by atoms with E-state index in [1.165, 1.54) is 0 Å². The van der Waals surface area contributed by atoms with Crippen LogP contribution in [0.2, 0.25) is 0 Å². The van der Waals surface area contributed by atoms with Gasteiger partial charge < -0.3 is 15.0 Å². The van der Waals surface area contributed by atoms with Gasteiger partial charge in [-0.05, 0) is 33.3 Å². The smallest absolute Gasteiger partial charge is 0.325 e. The molecule has 0 spiro atoms. The highest BCUT2D eigenvalue weighted by Gasteiger charge is 2.49. The molecule has 2 aliphatic heterocycles. The summed E-state index contributed by atoms with van der Waals surface area (Å²) in [5.74, 6) is -0.655. The second kappa shape index (κ2) is 6.72. The first-order valence-electron chi connectivity index (χ1n) is 8.85. The van der Waals surface area contributed by atoms with E-state index in [9.17, 15) is 14.4 Å². The molecule has 1 aromatic rings. The summed E-state index contributed by atoms with van der Waals surface area (Å²) in [6.45, 7) is 8.09. The van der Waals surface area contributed by atoms with E-state index in [1.807, 2.05) is 45.0 Å². The number of hydrogen-bond donors (Lipinski definition) is 1. The first kappa shape index (κ1) is 18.4. The number of carbonyl (C=O) groups excluding carboxylic acids is 3. The van der Waals surface area contributed by atoms with E-state index in [2.05, 4.69) is 5.32 Å². The highest BCUT2D eigenvalue weighted by Crippen LogP contribution is 2.29. The minimum absolute atomic E-state index is 0.0661. The lowest BCUT2D eigenvalue weighted by Crippen LogP contribution is -2.52. The Balaban J connectivity index is 1.75. The van der Waals surface area contributed by atoms with Crippen LogP contribution >= 0.6 is 0 Å². The molecule has 26 heavy (non-hydrogen) atoms. The number of carbonyl (C=O) groups is 3. The third kappa shape index (κ3) is 3.31. The predicted octanol–water partition coefficient (Wildman–Crippen LogP) is 1.40. The summed E-state index contributed by atoms with van der Waals surface area (Å²) in [6.07, 6.45) is -0.132. The minimum atomic E-state index is -1.16. The summed E-state index contributed by atoms with van der Waals surface area (Å²) in [6, 6.07) is 6.89. The highest BCUT2D eigenvalue weighted by molar-refractivity contribution is 6.09. The van der Waals surface area contributed by atoms with Crippen LogP contribution in [0.1, 0.15) is 31.9 Å². The van der Waals surface area contributed by atoms with Crippen molar-refractivity contribution >= 4 is 17.8 Å². The van der Waals surface area contributed by atoms with Crippen LogP contribution in [-0.2, 0) is 19.9 Å². The van der Waals surface area contributed by atoms with Gasteiger partial charge in [0.25, 0.3) is 5.91 Å². The van der Waals surface area contributed by atoms with E-state index >= 15 is 0 Å². The van der Waals surface area contributed by atoms with E-state index in [0.717, 1.165) is 10.5 Å². The number of aryl methyl sites for hydroxylation is 1. The van der Waals surface area contributed by atoms with Crippen molar-refractivity contribution in [2.24, 2.45) is 0 Å². The number of nitrogens with one attached hydrogen (secondary N) is 1. The van der Waals surface area contributed by atoms with Crippen LogP contribution in [0.25, 0.3) is 0 Å². The average Bonchev–Trinajstić information content (AvgIpc) is 2.78. The van der Waals surface area contributed by atoms with Crippen LogP contribution in [0.5, 0.6) is 0 Å². The normalized spacial score (nSPS) is 29.1. The molecule has 140 valence electrons. The fourth-order valence-corrected chi connectivity index (χ4v) is 3.54. The van der Waals surface area contributed by atoms with Crippen LogP contribution in [0.4, 0.5) is 4.79 Å². The summed E-state index contributed by atoms with van der Waals surface area (Å²) in [5.41, 5.74) is 0.609. The van der Waals surface area contributed by atoms with Crippen molar-refractivity contribution in [2.45, 2.75) is 45.4 Å². The van der Waals surface area contributed by atoms with Gasteiger partial charge in [-0.2, -0.15) is 0 Å². The summed E-state index contributed by atoms with van der Waals surface area (Å²) in [5, 5.41) is 2.73. The molecule has 7 nitrogen and oxygen atoms in total. The number of ether oxygens (including phenoxy) is 1. The van der Waals surface area contributed by atoms with Crippen molar-refractivity contribution < 1.29 is 19.1 Å². The Morgan fingerprint density at radius 1 is 1.19 bits per heavy atom. The molecular formula is C19H25N3O4. The largest absolute Gasteiger partial charge is 0.372 e. The lowest BCUT2D eigenvalue weighted by Gasteiger charge is -2.35. The third-order valence-corrected chi connectivity index (χ3v) is 4.97. The molecule has 2 aliphatic rings. The fourth-order valence-electron chi connectivity index (χ4n) is 3.54. The maximum absolute atomic E-state index is 12.9. The Labute approximate surface area is 153 Å². The average molecular weight is 359 g/mol. The molecule has 4 amide bonds. The molecule has 2 heterocycles. The van der Waals surface area contributed by atoms with Crippen molar-refractivity contribution in [1.82, 2.24) is 15.1 Å². The Hall–Kier alpha value is -2.41. The molecule has 1 aromatic carbocycles. The van der Waals surface area contributed by atoms with Gasteiger partial charge in [0, 0.05) is 13.1 Å². The first-order chi connectivity index (χ1) is 12.2. The van der Waals surface area contributed by atoms with Crippen molar-refractivity contribution in [3.63, 3.8) is 0 Å². The van der Waals surface area contributed by atoms with Gasteiger partial charge in [0.1, 0.15) is 12.1 Å². The number of morpholine rings is 1. The molecule has 3 atom stereocenters. The monoisotopic (exact) mass is 359 g/mol. The molecule has 0 radical (unpaired) electrons. The minimum Gasteiger partial charge on any atom is -0.372 e. The number of hydrogen-bond acceptors (Lipinski definition) is 4. The van der Waals surface area contributed by atoms with E-state index in [-0.39, 0.29) is 24.7 Å². The Morgan fingerprint density at radius 3 is 2.35 bits per heavy atom. The quantitative estimate of drug-likeness (QED) is 0.828. The van der Waals surface area contributed by atoms with Gasteiger partial charge in [-0.15, -0.1) is 0 Å². The van der Waals surface area contributed by atoms with Crippen molar-refractivity contribution in [2.75, 3.05) is 19.6 Å². The standard InChI is InChI=1S/C19H25N3O4/c1-12-5-7-15(8-6-12)19(4)17(24)22(18(25)20-19)11-16(23)21-9-13(2)26-14(3)10-21/h5-8,13-14H,9-11H2,1-4H3,(H,20,25)/t13-,14-,19-/m1/s1. The van der Waals surface area contributed by atoms with Gasteiger partial charge >= 0.3 is 6.03 Å². The molecule has 0 unspecified atom stereocenters. The van der Waals surface area contributed by atoms with Crippen LogP contribution < -0.4 is 5.32 Å². The van der Waals surface area contributed by atoms with Crippen LogP contribution in [0.3, 0.4) is 0 Å². The topological polar surface area (TPSA) is 79.0 Å². The van der Waals surface area contributed by atoms with Gasteiger partial charge in [0.05, 0.1) is 12.2 Å². The number of imide groups is 1. The van der Waals surface area contributed by atoms with E-state index in [1.54, 1.807) is 11.8 Å². The van der Waals surface area contributed by atoms with E-state index in [0.29, 0.717) is 18.7 Å². The fraction of sp³-hybridized carbons (Fsp3) is 0.526. The molecule has 0 bridgehead atoms. The van der Waals surface area contributed by atoms with Crippen molar-refractivity contribution in [1.29, 1.82) is 0 Å². The molecule has 0 aromatic heterocycles. The summed E-state index contributed by atoms with van der Waals surface area (Å²) in [7, 11) is 0. The van der Waals surface area contributed by atoms with Crippen LogP contribution in [0.15, 0.2) is 24.3 Å². The summed E-state index contributed by atoms with van der Waals surface area (Å²) >= 11 is 0. The number of rotatable bonds is 3. The molecule has 2 saturated heterocycles. The van der Waals surface area contributed by atoms with Gasteiger partial charge in [-0.3, -0.25) is 14.5 Å². The molecule has 3 rings (SSSR count). The summed E-state index contributed by atoms with van der Waals surface area (Å²) in [4.78, 5) is 40.6. The number of amides is 4. The van der Waals surface area contributed by atoms with Crippen molar-refractivity contribution in [3.05, 3.63) is 35.4 Å². The molecule has 2 fully saturated rings. The molecular weight excluding hydrogens is 334 g/mol. The molecule has 0 saturated carbocycles. The number of benzene rings is 1. The maximum atomic E-state index is 12.9. The SMILES string of the molecule is Cc1ccc([C@@]2(C)NC(=O)N(CC(=O)N3C[C@@H](C)O[C@H](C)C3)C2=O)cc1. The van der Waals surface area contributed by atoms with E-state index in [4.69, 9.17) is 4.74 Å². The zero-order valence-electron chi connectivity index (χ0n) is 15.6. The zero-order valence-corrected chi connectivity index (χ0v) is 15.6. The predicted molar refractivity (Wildman–Crippen MR) is 95.4 cm³/mol. The third-order valence-electron chi connectivity index (χ3n) is 4.97. The van der Waals surface area contributed by atoms with Crippen LogP contribution in [0, 0.1) is 6.92 Å². The molecule has 1 N–H and O–H groups in total. The highest BCUT2D eigenvalue weighted by atomic mass is 16.5. The molecule has 7 heteroatoms. The first-order valence-corrected chi connectivity index (χ1v) is 8.85. The van der Waals surface area contributed by atoms with Crippen molar-refractivity contribution in [3.8, 4) is 0 Å². The van der Waals surface area contributed by atoms with Crippen LogP contribution in [-0.4, -0.2) is 59.5 Å². The lowest BCUT2D eigenvalue weighted by atomic mass is 9.91. The number of nitrogens with zero attached hydrogens (tertiary/aromatic N) is 2. The second-order valence-electron chi connectivity index (χ2n) is 7.37. The van der Waals surface area contributed by atoms with Gasteiger partial charge in [0.2, 0.25) is 5.91 Å². The second-order valence-corrected chi connectivity index (χ2v) is 7.37. The number of urea groups is 1. The Bertz CT molecular complexity index is 723. The lowest BCUT2D eigenvalue weighted by molar-refractivity contribution is -0.146. The van der Waals surface area contributed by atoms with Gasteiger partial charge in [-0.1, -0.05) is 29.8 Å². The molecule has 0 aliphatic carbocycles. The van der Waals surface area contributed by atoms with Gasteiger partial charge in [0.15, 0.2) is 0 Å². The summed E-state index contributed by atoms with van der Waals surface area (Å²) < 4.78 is 5.63. The maximum Gasteiger partial charge on any atom is 0.325 e. The Morgan fingerprint density at radius 2 is 1.77 bits per heavy atom. The zero-order chi connectivity index (χ0) is 19.1. The van der Waals surface area contributed by atoms with Gasteiger partial charge in [-0.25, -0.2) is 4.79 Å². The van der Waals surface area contributed by atoms with E-state index < -0.39 is 17.5 Å². The Kier molecular flexibility index (Phi) is 4.75.